The van der Waals surface area contributed by atoms with Gasteiger partial charge >= 0.3 is 5.97 Å². The number of hydrogen-bond donors (Lipinski definition) is 3. The first-order chi connectivity index (χ1) is 15.3. The topological polar surface area (TPSA) is 136 Å². The van der Waals surface area contributed by atoms with Crippen LogP contribution in [0.25, 0.3) is 11.3 Å². The van der Waals surface area contributed by atoms with Gasteiger partial charge in [-0.1, -0.05) is 5.21 Å². The molecule has 0 amide bonds. The summed E-state index contributed by atoms with van der Waals surface area (Å²) in [4.78, 5) is 22.0. The zero-order chi connectivity index (χ0) is 23.0. The van der Waals surface area contributed by atoms with Gasteiger partial charge in [-0.15, -0.1) is 5.10 Å². The average molecular weight is 459 g/mol. The summed E-state index contributed by atoms with van der Waals surface area (Å²) in [5.74, 6) is -5.75. The largest absolute Gasteiger partial charge is 0.479 e. The molecule has 1 aromatic carbocycles. The van der Waals surface area contributed by atoms with Crippen molar-refractivity contribution in [1.29, 1.82) is 0 Å². The highest BCUT2D eigenvalue weighted by atomic mass is 19.2. The molecule has 3 heterocycles. The molecule has 0 aliphatic carbocycles. The summed E-state index contributed by atoms with van der Waals surface area (Å²) in [5, 5.41) is 37.9. The Morgan fingerprint density at radius 1 is 1.16 bits per heavy atom. The molecule has 0 spiro atoms. The summed E-state index contributed by atoms with van der Waals surface area (Å²) in [5.41, 5.74) is -0.136. The fourth-order valence-electron chi connectivity index (χ4n) is 3.95. The number of nitrogens with zero attached hydrogens (tertiary/aromatic N) is 3. The summed E-state index contributed by atoms with van der Waals surface area (Å²) in [7, 11) is 0. The first kappa shape index (κ1) is 22.6. The van der Waals surface area contributed by atoms with E-state index in [2.05, 4.69) is 10.3 Å². The lowest BCUT2D eigenvalue weighted by molar-refractivity contribution is -0.373. The number of hydrogen-bond acceptors (Lipinski definition) is 8. The number of carboxylic acid groups (broad SMARTS) is 1. The molecule has 3 N–H and O–H groups in total. The van der Waals surface area contributed by atoms with Crippen LogP contribution in [0, 0.1) is 17.5 Å². The number of benzene rings is 1. The molecule has 32 heavy (non-hydrogen) atoms. The predicted molar refractivity (Wildman–Crippen MR) is 97.4 cm³/mol. The van der Waals surface area contributed by atoms with Gasteiger partial charge in [0.1, 0.15) is 30.0 Å². The summed E-state index contributed by atoms with van der Waals surface area (Å²) in [6.07, 6.45) is -3.68. The van der Waals surface area contributed by atoms with Gasteiger partial charge in [0, 0.05) is 5.56 Å². The van der Waals surface area contributed by atoms with Crippen molar-refractivity contribution in [2.75, 3.05) is 6.61 Å². The van der Waals surface area contributed by atoms with E-state index in [1.807, 2.05) is 0 Å². The van der Waals surface area contributed by atoms with Crippen LogP contribution < -0.4 is 0 Å². The number of aromatic nitrogens is 3. The lowest BCUT2D eigenvalue weighted by Crippen LogP contribution is -2.45. The molecule has 2 fully saturated rings. The Hall–Kier alpha value is -2.58. The molecule has 1 aromatic heterocycles. The molecule has 1 unspecified atom stereocenters. The van der Waals surface area contributed by atoms with Crippen molar-refractivity contribution >= 4 is 5.97 Å². The van der Waals surface area contributed by atoms with E-state index in [1.165, 1.54) is 6.20 Å². The van der Waals surface area contributed by atoms with E-state index in [0.717, 1.165) is 16.8 Å². The zero-order valence-electron chi connectivity index (χ0n) is 16.5. The fraction of sp³-hybridized carbons (Fsp3) is 0.526. The molecule has 174 valence electrons. The van der Waals surface area contributed by atoms with E-state index in [1.54, 1.807) is 0 Å². The van der Waals surface area contributed by atoms with Crippen LogP contribution in [-0.4, -0.2) is 73.4 Å². The predicted octanol–water partition coefficient (Wildman–Crippen LogP) is 0.978. The molecule has 2 saturated heterocycles. The van der Waals surface area contributed by atoms with E-state index in [-0.39, 0.29) is 11.3 Å². The Bertz CT molecular complexity index is 968. The normalized spacial score (nSPS) is 30.9. The van der Waals surface area contributed by atoms with Crippen LogP contribution in [0.4, 0.5) is 13.2 Å². The van der Waals surface area contributed by atoms with Gasteiger partial charge in [0.15, 0.2) is 23.6 Å². The van der Waals surface area contributed by atoms with E-state index in [4.69, 9.17) is 14.5 Å². The number of rotatable bonds is 4. The van der Waals surface area contributed by atoms with Crippen molar-refractivity contribution in [3.8, 4) is 11.3 Å². The molecule has 4 rings (SSSR count). The molecule has 0 radical (unpaired) electrons. The summed E-state index contributed by atoms with van der Waals surface area (Å²) >= 11 is 0. The zero-order valence-corrected chi connectivity index (χ0v) is 16.5. The SMILES string of the molecule is O=C(O)[C@@H]1O[C@H]2CCCC1OO[C@H](CO)[C@H](O)[C@@H]2n1cc(-c2cc(F)c(F)c(F)c2)nn1. The summed E-state index contributed by atoms with van der Waals surface area (Å²) < 4.78 is 47.4. The van der Waals surface area contributed by atoms with Crippen LogP contribution in [0.15, 0.2) is 18.3 Å². The number of carboxylic acids is 1. The molecule has 2 bridgehead atoms. The second kappa shape index (κ2) is 9.11. The molecular weight excluding hydrogens is 439 g/mol. The first-order valence-electron chi connectivity index (χ1n) is 9.86. The Labute approximate surface area is 179 Å². The van der Waals surface area contributed by atoms with Crippen molar-refractivity contribution < 1.29 is 47.8 Å². The number of aliphatic hydroxyl groups is 2. The summed E-state index contributed by atoms with van der Waals surface area (Å²) in [6.45, 7) is -0.662. The highest BCUT2D eigenvalue weighted by Crippen LogP contribution is 2.34. The minimum Gasteiger partial charge on any atom is -0.479 e. The Morgan fingerprint density at radius 3 is 2.50 bits per heavy atom. The van der Waals surface area contributed by atoms with Crippen LogP contribution in [-0.2, 0) is 19.3 Å². The Morgan fingerprint density at radius 2 is 1.84 bits per heavy atom. The minimum absolute atomic E-state index is 0.0335. The number of ether oxygens (including phenoxy) is 1. The Balaban J connectivity index is 1.73. The number of aliphatic hydroxyl groups excluding tert-OH is 2. The summed E-state index contributed by atoms with van der Waals surface area (Å²) in [6, 6.07) is 0.394. The highest BCUT2D eigenvalue weighted by Gasteiger charge is 2.46. The van der Waals surface area contributed by atoms with Crippen LogP contribution in [0.2, 0.25) is 0 Å². The molecule has 2 aliphatic rings. The standard InChI is InChI=1S/C19H20F3N3O7/c20-9-4-8(5-10(21)15(9)22)11-6-25(24-23-11)16-12-2-1-3-13(18(30-12)19(28)29)31-32-14(7-26)17(16)27/h4-6,12-14,16-18,26-27H,1-3,7H2,(H,28,29)/t12-,13?,14+,16+,17-,18+/m0/s1. The van der Waals surface area contributed by atoms with Crippen molar-refractivity contribution in [1.82, 2.24) is 15.0 Å². The second-order valence-electron chi connectivity index (χ2n) is 7.64. The van der Waals surface area contributed by atoms with Crippen LogP contribution in [0.3, 0.4) is 0 Å². The molecule has 6 atom stereocenters. The van der Waals surface area contributed by atoms with Crippen molar-refractivity contribution in [3.63, 3.8) is 0 Å². The minimum atomic E-state index is -1.63. The fourth-order valence-corrected chi connectivity index (χ4v) is 3.95. The van der Waals surface area contributed by atoms with E-state index < -0.39 is 66.6 Å². The molecule has 13 heteroatoms. The van der Waals surface area contributed by atoms with Gasteiger partial charge < -0.3 is 20.1 Å². The third kappa shape index (κ3) is 4.21. The van der Waals surface area contributed by atoms with E-state index in [0.29, 0.717) is 19.3 Å². The molecule has 0 saturated carbocycles. The van der Waals surface area contributed by atoms with Gasteiger partial charge in [0.25, 0.3) is 0 Å². The quantitative estimate of drug-likeness (QED) is 0.451. The maximum atomic E-state index is 13.6. The van der Waals surface area contributed by atoms with Gasteiger partial charge in [-0.05, 0) is 31.4 Å². The van der Waals surface area contributed by atoms with Crippen molar-refractivity contribution in [2.24, 2.45) is 0 Å². The molecule has 2 aromatic rings. The maximum Gasteiger partial charge on any atom is 0.335 e. The van der Waals surface area contributed by atoms with Crippen molar-refractivity contribution in [3.05, 3.63) is 35.8 Å². The third-order valence-corrected chi connectivity index (χ3v) is 5.57. The third-order valence-electron chi connectivity index (χ3n) is 5.57. The number of halogens is 3. The first-order valence-corrected chi connectivity index (χ1v) is 9.86. The van der Waals surface area contributed by atoms with Crippen LogP contribution >= 0.6 is 0 Å². The molecule has 2 aliphatic heterocycles. The van der Waals surface area contributed by atoms with Gasteiger partial charge in [-0.25, -0.2) is 32.4 Å². The number of fused-ring (bicyclic) bond motifs is 3. The lowest BCUT2D eigenvalue weighted by Gasteiger charge is -2.32. The van der Waals surface area contributed by atoms with Crippen LogP contribution in [0.5, 0.6) is 0 Å². The second-order valence-corrected chi connectivity index (χ2v) is 7.64. The lowest BCUT2D eigenvalue weighted by atomic mass is 9.96. The highest BCUT2D eigenvalue weighted by molar-refractivity contribution is 5.73. The maximum absolute atomic E-state index is 13.6. The number of aliphatic carboxylic acids is 1. The van der Waals surface area contributed by atoms with Crippen molar-refractivity contribution in [2.45, 2.75) is 55.8 Å². The van der Waals surface area contributed by atoms with Crippen LogP contribution in [0.1, 0.15) is 25.3 Å². The van der Waals surface area contributed by atoms with Gasteiger partial charge in [0.05, 0.1) is 18.9 Å². The molecular formula is C19H20F3N3O7. The number of carbonyl (C=O) groups is 1. The van der Waals surface area contributed by atoms with Gasteiger partial charge in [0.2, 0.25) is 0 Å². The monoisotopic (exact) mass is 459 g/mol. The molecule has 10 nitrogen and oxygen atoms in total. The van der Waals surface area contributed by atoms with Gasteiger partial charge in [-0.3, -0.25) is 0 Å². The van der Waals surface area contributed by atoms with E-state index in [9.17, 15) is 33.3 Å². The van der Waals surface area contributed by atoms with E-state index >= 15 is 0 Å². The Kier molecular flexibility index (Phi) is 6.44. The van der Waals surface area contributed by atoms with Gasteiger partial charge in [-0.2, -0.15) is 0 Å². The smallest absolute Gasteiger partial charge is 0.335 e. The average Bonchev–Trinajstić information content (AvgIpc) is 3.15.